The van der Waals surface area contributed by atoms with Crippen LogP contribution in [0, 0.1) is 0 Å². The molecule has 1 aromatic rings. The fourth-order valence-corrected chi connectivity index (χ4v) is 1.68. The Morgan fingerprint density at radius 2 is 1.94 bits per heavy atom. The van der Waals surface area contributed by atoms with Gasteiger partial charge in [0.25, 0.3) is 0 Å². The maximum Gasteiger partial charge on any atom is 0.239 e. The van der Waals surface area contributed by atoms with Crippen molar-refractivity contribution in [1.29, 1.82) is 0 Å². The lowest BCUT2D eigenvalue weighted by atomic mass is 10.4. The molecule has 0 atom stereocenters. The first kappa shape index (κ1) is 14.4. The minimum atomic E-state index is -0.209. The SMILES string of the molecule is CCCNC(=O)CNC(=O)CSc1ncccn1. The summed E-state index contributed by atoms with van der Waals surface area (Å²) >= 11 is 1.23. The van der Waals surface area contributed by atoms with E-state index in [4.69, 9.17) is 0 Å². The van der Waals surface area contributed by atoms with E-state index in [1.165, 1.54) is 11.8 Å². The highest BCUT2D eigenvalue weighted by molar-refractivity contribution is 7.99. The molecular weight excluding hydrogens is 252 g/mol. The van der Waals surface area contributed by atoms with Gasteiger partial charge in [0.05, 0.1) is 12.3 Å². The van der Waals surface area contributed by atoms with Gasteiger partial charge < -0.3 is 10.6 Å². The van der Waals surface area contributed by atoms with Crippen LogP contribution in [0.1, 0.15) is 13.3 Å². The van der Waals surface area contributed by atoms with Crippen LogP contribution in [0.2, 0.25) is 0 Å². The minimum absolute atomic E-state index is 0.00897. The average molecular weight is 268 g/mol. The van der Waals surface area contributed by atoms with Gasteiger partial charge in [-0.1, -0.05) is 18.7 Å². The van der Waals surface area contributed by atoms with E-state index in [0.717, 1.165) is 6.42 Å². The van der Waals surface area contributed by atoms with E-state index < -0.39 is 0 Å². The maximum absolute atomic E-state index is 11.4. The molecule has 7 heteroatoms. The molecule has 1 rings (SSSR count). The molecule has 6 nitrogen and oxygen atoms in total. The lowest BCUT2D eigenvalue weighted by Gasteiger charge is -2.05. The highest BCUT2D eigenvalue weighted by atomic mass is 32.2. The Hall–Kier alpha value is -1.63. The van der Waals surface area contributed by atoms with E-state index in [2.05, 4.69) is 20.6 Å². The Morgan fingerprint density at radius 1 is 1.22 bits per heavy atom. The summed E-state index contributed by atoms with van der Waals surface area (Å²) in [6.07, 6.45) is 4.11. The molecular formula is C11H16N4O2S. The molecule has 0 saturated carbocycles. The van der Waals surface area contributed by atoms with Crippen molar-refractivity contribution >= 4 is 23.6 Å². The number of rotatable bonds is 7. The fourth-order valence-electron chi connectivity index (χ4n) is 1.05. The predicted molar refractivity (Wildman–Crippen MR) is 69.1 cm³/mol. The van der Waals surface area contributed by atoms with E-state index in [9.17, 15) is 9.59 Å². The number of carbonyl (C=O) groups excluding carboxylic acids is 2. The first-order valence-electron chi connectivity index (χ1n) is 5.65. The first-order chi connectivity index (χ1) is 8.72. The largest absolute Gasteiger partial charge is 0.355 e. The second-order valence-corrected chi connectivity index (χ2v) is 4.39. The molecule has 0 aliphatic rings. The number of nitrogens with one attached hydrogen (secondary N) is 2. The van der Waals surface area contributed by atoms with Gasteiger partial charge >= 0.3 is 0 Å². The molecule has 2 N–H and O–H groups in total. The topological polar surface area (TPSA) is 84.0 Å². The van der Waals surface area contributed by atoms with E-state index >= 15 is 0 Å². The highest BCUT2D eigenvalue weighted by Crippen LogP contribution is 2.09. The second kappa shape index (κ2) is 8.46. The molecule has 0 aliphatic carbocycles. The zero-order chi connectivity index (χ0) is 13.2. The van der Waals surface area contributed by atoms with Gasteiger partial charge in [-0.05, 0) is 12.5 Å². The standard InChI is InChI=1S/C11H16N4O2S/c1-2-4-12-9(16)7-15-10(17)8-18-11-13-5-3-6-14-11/h3,5-6H,2,4,7-8H2,1H3,(H,12,16)(H,15,17). The zero-order valence-corrected chi connectivity index (χ0v) is 11.0. The number of nitrogens with zero attached hydrogens (tertiary/aromatic N) is 2. The summed E-state index contributed by atoms with van der Waals surface area (Å²) in [5, 5.41) is 5.76. The van der Waals surface area contributed by atoms with Gasteiger partial charge in [-0.15, -0.1) is 0 Å². The van der Waals surface area contributed by atoms with Crippen LogP contribution in [0.25, 0.3) is 0 Å². The molecule has 1 aromatic heterocycles. The lowest BCUT2D eigenvalue weighted by molar-refractivity contribution is -0.124. The van der Waals surface area contributed by atoms with Crippen molar-refractivity contribution in [3.05, 3.63) is 18.5 Å². The van der Waals surface area contributed by atoms with Gasteiger partial charge in [-0.3, -0.25) is 9.59 Å². The Morgan fingerprint density at radius 3 is 2.61 bits per heavy atom. The molecule has 0 bridgehead atoms. The number of carbonyl (C=O) groups is 2. The average Bonchev–Trinajstić information content (AvgIpc) is 2.41. The fraction of sp³-hybridized carbons (Fsp3) is 0.455. The molecule has 18 heavy (non-hydrogen) atoms. The van der Waals surface area contributed by atoms with Crippen LogP contribution in [-0.2, 0) is 9.59 Å². The number of thioether (sulfide) groups is 1. The van der Waals surface area contributed by atoms with Crippen molar-refractivity contribution in [1.82, 2.24) is 20.6 Å². The van der Waals surface area contributed by atoms with Crippen molar-refractivity contribution in [2.75, 3.05) is 18.8 Å². The summed E-state index contributed by atoms with van der Waals surface area (Å²) < 4.78 is 0. The molecule has 0 aromatic carbocycles. The quantitative estimate of drug-likeness (QED) is 0.545. The minimum Gasteiger partial charge on any atom is -0.355 e. The molecule has 1 heterocycles. The number of hydrogen-bond donors (Lipinski definition) is 2. The first-order valence-corrected chi connectivity index (χ1v) is 6.64. The van der Waals surface area contributed by atoms with Gasteiger partial charge in [-0.25, -0.2) is 9.97 Å². The molecule has 0 unspecified atom stereocenters. The summed E-state index contributed by atoms with van der Waals surface area (Å²) in [5.74, 6) is -0.185. The molecule has 0 radical (unpaired) electrons. The summed E-state index contributed by atoms with van der Waals surface area (Å²) in [6.45, 7) is 2.60. The Kier molecular flexibility index (Phi) is 6.78. The monoisotopic (exact) mass is 268 g/mol. The third kappa shape index (κ3) is 6.19. The lowest BCUT2D eigenvalue weighted by Crippen LogP contribution is -2.37. The van der Waals surface area contributed by atoms with E-state index in [1.54, 1.807) is 18.5 Å². The van der Waals surface area contributed by atoms with E-state index in [0.29, 0.717) is 11.7 Å². The third-order valence-corrected chi connectivity index (χ3v) is 2.77. The Balaban J connectivity index is 2.16. The maximum atomic E-state index is 11.4. The molecule has 0 aliphatic heterocycles. The molecule has 0 fully saturated rings. The van der Waals surface area contributed by atoms with Crippen molar-refractivity contribution in [2.45, 2.75) is 18.5 Å². The van der Waals surface area contributed by atoms with Gasteiger partial charge in [0, 0.05) is 18.9 Å². The second-order valence-electron chi connectivity index (χ2n) is 3.45. The van der Waals surface area contributed by atoms with Crippen molar-refractivity contribution < 1.29 is 9.59 Å². The molecule has 0 saturated heterocycles. The normalized spacial score (nSPS) is 9.83. The number of hydrogen-bond acceptors (Lipinski definition) is 5. The third-order valence-electron chi connectivity index (χ3n) is 1.89. The van der Waals surface area contributed by atoms with Crippen LogP contribution >= 0.6 is 11.8 Å². The van der Waals surface area contributed by atoms with Crippen molar-refractivity contribution in [3.8, 4) is 0 Å². The van der Waals surface area contributed by atoms with Crippen LogP contribution in [0.15, 0.2) is 23.6 Å². The summed E-state index contributed by atoms with van der Waals surface area (Å²) in [4.78, 5) is 30.6. The highest BCUT2D eigenvalue weighted by Gasteiger charge is 2.06. The van der Waals surface area contributed by atoms with Gasteiger partial charge in [0.1, 0.15) is 0 Å². The van der Waals surface area contributed by atoms with E-state index in [1.807, 2.05) is 6.92 Å². The Bertz CT molecular complexity index is 386. The summed E-state index contributed by atoms with van der Waals surface area (Å²) in [7, 11) is 0. The predicted octanol–water partition coefficient (Wildman–Crippen LogP) is 0.211. The van der Waals surface area contributed by atoms with Crippen LogP contribution in [-0.4, -0.2) is 40.6 Å². The molecule has 98 valence electrons. The number of amides is 2. The van der Waals surface area contributed by atoms with Crippen LogP contribution in [0.3, 0.4) is 0 Å². The van der Waals surface area contributed by atoms with Crippen LogP contribution in [0.5, 0.6) is 0 Å². The van der Waals surface area contributed by atoms with Gasteiger partial charge in [-0.2, -0.15) is 0 Å². The zero-order valence-electron chi connectivity index (χ0n) is 10.2. The smallest absolute Gasteiger partial charge is 0.239 e. The molecule has 0 spiro atoms. The van der Waals surface area contributed by atoms with Gasteiger partial charge in [0.15, 0.2) is 5.16 Å². The molecule has 2 amide bonds. The van der Waals surface area contributed by atoms with Crippen molar-refractivity contribution in [3.63, 3.8) is 0 Å². The summed E-state index contributed by atoms with van der Waals surface area (Å²) in [6, 6.07) is 1.71. The summed E-state index contributed by atoms with van der Waals surface area (Å²) in [5.41, 5.74) is 0. The van der Waals surface area contributed by atoms with Crippen molar-refractivity contribution in [2.24, 2.45) is 0 Å². The van der Waals surface area contributed by atoms with Crippen LogP contribution in [0.4, 0.5) is 0 Å². The Labute approximate surface area is 110 Å². The van der Waals surface area contributed by atoms with Gasteiger partial charge in [0.2, 0.25) is 11.8 Å². The van der Waals surface area contributed by atoms with E-state index in [-0.39, 0.29) is 24.1 Å². The number of aromatic nitrogens is 2. The van der Waals surface area contributed by atoms with Crippen LogP contribution < -0.4 is 10.6 Å².